The molecule has 0 radical (unpaired) electrons. The van der Waals surface area contributed by atoms with Gasteiger partial charge in [-0.15, -0.1) is 5.10 Å². The molecule has 0 amide bonds. The highest BCUT2D eigenvalue weighted by atomic mass is 16.5. The largest absolute Gasteiger partial charge is 0.496 e. The molecule has 0 fully saturated rings. The van der Waals surface area contributed by atoms with Crippen LogP contribution in [0.25, 0.3) is 0 Å². The van der Waals surface area contributed by atoms with Crippen molar-refractivity contribution in [2.24, 2.45) is 0 Å². The summed E-state index contributed by atoms with van der Waals surface area (Å²) in [5.41, 5.74) is 1.07. The van der Waals surface area contributed by atoms with Gasteiger partial charge in [0.05, 0.1) is 13.7 Å². The van der Waals surface area contributed by atoms with Crippen LogP contribution < -0.4 is 10.1 Å². The first-order valence-corrected chi connectivity index (χ1v) is 5.86. The minimum absolute atomic E-state index is 0.621. The molecule has 1 aromatic heterocycles. The highest BCUT2D eigenvalue weighted by molar-refractivity contribution is 5.33. The molecule has 0 aliphatic heterocycles. The lowest BCUT2D eigenvalue weighted by atomic mass is 10.2. The van der Waals surface area contributed by atoms with Gasteiger partial charge in [-0.05, 0) is 23.5 Å². The lowest BCUT2D eigenvalue weighted by molar-refractivity contribution is 0.406. The fourth-order valence-electron chi connectivity index (χ4n) is 1.76. The quantitative estimate of drug-likeness (QED) is 0.805. The second-order valence-electron chi connectivity index (χ2n) is 3.92. The fourth-order valence-corrected chi connectivity index (χ4v) is 1.76. The van der Waals surface area contributed by atoms with E-state index in [1.165, 1.54) is 0 Å². The Bertz CT molecular complexity index is 497. The second kappa shape index (κ2) is 6.11. The number of benzene rings is 1. The summed E-state index contributed by atoms with van der Waals surface area (Å²) < 4.78 is 7.12. The Morgan fingerprint density at radius 2 is 2.17 bits per heavy atom. The molecule has 0 unspecified atom stereocenters. The average Bonchev–Trinajstić information content (AvgIpc) is 2.84. The first-order chi connectivity index (χ1) is 8.85. The molecule has 1 heterocycles. The van der Waals surface area contributed by atoms with Crippen molar-refractivity contribution in [3.63, 3.8) is 0 Å². The van der Waals surface area contributed by atoms with Crippen molar-refractivity contribution in [3.05, 3.63) is 35.7 Å². The SMILES string of the molecule is CNCCc1nnnn1Cc1ccccc1OC. The van der Waals surface area contributed by atoms with E-state index in [9.17, 15) is 0 Å². The van der Waals surface area contributed by atoms with Crippen molar-refractivity contribution >= 4 is 0 Å². The van der Waals surface area contributed by atoms with Crippen molar-refractivity contribution in [1.29, 1.82) is 0 Å². The van der Waals surface area contributed by atoms with Gasteiger partial charge >= 0.3 is 0 Å². The molecular weight excluding hydrogens is 230 g/mol. The Hall–Kier alpha value is -1.95. The van der Waals surface area contributed by atoms with Gasteiger partial charge in [-0.3, -0.25) is 0 Å². The zero-order valence-electron chi connectivity index (χ0n) is 10.6. The highest BCUT2D eigenvalue weighted by Gasteiger charge is 2.08. The van der Waals surface area contributed by atoms with Crippen LogP contribution in [0.5, 0.6) is 5.75 Å². The first-order valence-electron chi connectivity index (χ1n) is 5.86. The van der Waals surface area contributed by atoms with Crippen LogP contribution in [0, 0.1) is 0 Å². The summed E-state index contributed by atoms with van der Waals surface area (Å²) in [5.74, 6) is 1.72. The van der Waals surface area contributed by atoms with E-state index < -0.39 is 0 Å². The molecule has 6 heteroatoms. The molecule has 96 valence electrons. The molecule has 0 aliphatic rings. The smallest absolute Gasteiger partial charge is 0.152 e. The molecule has 0 atom stereocenters. The molecule has 0 bridgehead atoms. The fraction of sp³-hybridized carbons (Fsp3) is 0.417. The van der Waals surface area contributed by atoms with Crippen LogP contribution in [0.2, 0.25) is 0 Å². The molecule has 0 saturated carbocycles. The molecular formula is C12H17N5O. The van der Waals surface area contributed by atoms with E-state index in [0.29, 0.717) is 6.54 Å². The molecule has 2 rings (SSSR count). The van der Waals surface area contributed by atoms with E-state index in [1.54, 1.807) is 11.8 Å². The lowest BCUT2D eigenvalue weighted by Gasteiger charge is -2.09. The Morgan fingerprint density at radius 1 is 1.33 bits per heavy atom. The van der Waals surface area contributed by atoms with E-state index in [-0.39, 0.29) is 0 Å². The summed E-state index contributed by atoms with van der Waals surface area (Å²) in [6.07, 6.45) is 0.804. The van der Waals surface area contributed by atoms with Crippen LogP contribution in [0.4, 0.5) is 0 Å². The number of methoxy groups -OCH3 is 1. The van der Waals surface area contributed by atoms with Crippen molar-refractivity contribution in [2.75, 3.05) is 20.7 Å². The third-order valence-corrected chi connectivity index (χ3v) is 2.72. The van der Waals surface area contributed by atoms with Crippen molar-refractivity contribution in [2.45, 2.75) is 13.0 Å². The molecule has 0 saturated heterocycles. The third kappa shape index (κ3) is 2.84. The number of hydrogen-bond donors (Lipinski definition) is 1. The van der Waals surface area contributed by atoms with Crippen LogP contribution in [-0.2, 0) is 13.0 Å². The van der Waals surface area contributed by atoms with E-state index in [0.717, 1.165) is 30.1 Å². The normalized spacial score (nSPS) is 10.6. The van der Waals surface area contributed by atoms with Crippen molar-refractivity contribution in [1.82, 2.24) is 25.5 Å². The molecule has 0 aliphatic carbocycles. The number of nitrogens with zero attached hydrogens (tertiary/aromatic N) is 4. The number of rotatable bonds is 6. The van der Waals surface area contributed by atoms with Gasteiger partial charge in [-0.2, -0.15) is 0 Å². The highest BCUT2D eigenvalue weighted by Crippen LogP contribution is 2.18. The second-order valence-corrected chi connectivity index (χ2v) is 3.92. The summed E-state index contributed by atoms with van der Waals surface area (Å²) in [6, 6.07) is 7.88. The summed E-state index contributed by atoms with van der Waals surface area (Å²) >= 11 is 0. The average molecular weight is 247 g/mol. The van der Waals surface area contributed by atoms with E-state index in [2.05, 4.69) is 20.8 Å². The predicted octanol–water partition coefficient (Wildman–Crippen LogP) is 0.492. The standard InChI is InChI=1S/C12H17N5O/c1-13-8-7-12-14-15-16-17(12)9-10-5-3-4-6-11(10)18-2/h3-6,13H,7-9H2,1-2H3. The molecule has 18 heavy (non-hydrogen) atoms. The Morgan fingerprint density at radius 3 is 2.94 bits per heavy atom. The third-order valence-electron chi connectivity index (χ3n) is 2.72. The molecule has 0 spiro atoms. The molecule has 2 aromatic rings. The van der Waals surface area contributed by atoms with Gasteiger partial charge < -0.3 is 10.1 Å². The Kier molecular flexibility index (Phi) is 4.25. The van der Waals surface area contributed by atoms with Gasteiger partial charge in [-0.25, -0.2) is 4.68 Å². The maximum atomic E-state index is 5.32. The monoisotopic (exact) mass is 247 g/mol. The van der Waals surface area contributed by atoms with Gasteiger partial charge in [0.25, 0.3) is 0 Å². The number of hydrogen-bond acceptors (Lipinski definition) is 5. The summed E-state index contributed by atoms with van der Waals surface area (Å²) in [7, 11) is 3.58. The first kappa shape index (κ1) is 12.5. The van der Waals surface area contributed by atoms with E-state index in [1.807, 2.05) is 31.3 Å². The number of para-hydroxylation sites is 1. The maximum Gasteiger partial charge on any atom is 0.152 e. The van der Waals surface area contributed by atoms with Crippen LogP contribution in [0.15, 0.2) is 24.3 Å². The van der Waals surface area contributed by atoms with Crippen LogP contribution >= 0.6 is 0 Å². The number of likely N-dealkylation sites (N-methyl/N-ethyl adjacent to an activating group) is 1. The number of nitrogens with one attached hydrogen (secondary N) is 1. The zero-order chi connectivity index (χ0) is 12.8. The predicted molar refractivity (Wildman–Crippen MR) is 67.5 cm³/mol. The van der Waals surface area contributed by atoms with Gasteiger partial charge in [0.2, 0.25) is 0 Å². The number of ether oxygens (including phenoxy) is 1. The number of tetrazole rings is 1. The maximum absolute atomic E-state index is 5.32. The molecule has 1 N–H and O–H groups in total. The summed E-state index contributed by atoms with van der Waals surface area (Å²) in [4.78, 5) is 0. The van der Waals surface area contributed by atoms with Crippen LogP contribution in [-0.4, -0.2) is 40.9 Å². The van der Waals surface area contributed by atoms with E-state index in [4.69, 9.17) is 4.74 Å². The topological polar surface area (TPSA) is 64.9 Å². The van der Waals surface area contributed by atoms with Gasteiger partial charge in [-0.1, -0.05) is 18.2 Å². The van der Waals surface area contributed by atoms with Gasteiger partial charge in [0.1, 0.15) is 5.75 Å². The molecule has 6 nitrogen and oxygen atoms in total. The van der Waals surface area contributed by atoms with Crippen LogP contribution in [0.3, 0.4) is 0 Å². The van der Waals surface area contributed by atoms with Crippen molar-refractivity contribution < 1.29 is 4.74 Å². The zero-order valence-corrected chi connectivity index (χ0v) is 10.6. The summed E-state index contributed by atoms with van der Waals surface area (Å²) in [6.45, 7) is 1.47. The van der Waals surface area contributed by atoms with Crippen LogP contribution in [0.1, 0.15) is 11.4 Å². The lowest BCUT2D eigenvalue weighted by Crippen LogP contribution is -2.15. The van der Waals surface area contributed by atoms with Gasteiger partial charge in [0.15, 0.2) is 5.82 Å². The Balaban J connectivity index is 2.15. The van der Waals surface area contributed by atoms with E-state index >= 15 is 0 Å². The Labute approximate surface area is 106 Å². The minimum atomic E-state index is 0.621. The summed E-state index contributed by atoms with van der Waals surface area (Å²) in [5, 5.41) is 14.8. The molecule has 1 aromatic carbocycles. The van der Waals surface area contributed by atoms with Gasteiger partial charge in [0, 0.05) is 18.5 Å². The van der Waals surface area contributed by atoms with Crippen molar-refractivity contribution in [3.8, 4) is 5.75 Å². The minimum Gasteiger partial charge on any atom is -0.496 e. The number of aromatic nitrogens is 4.